The molecule has 0 aliphatic rings. The number of hydrogen-bond acceptors (Lipinski definition) is 12. The summed E-state index contributed by atoms with van der Waals surface area (Å²) >= 11 is 0. The van der Waals surface area contributed by atoms with E-state index in [0.29, 0.717) is 39.4 Å². The maximum Gasteiger partial charge on any atom is 0.308 e. The van der Waals surface area contributed by atoms with Gasteiger partial charge in [-0.25, -0.2) is 0 Å². The van der Waals surface area contributed by atoms with Crippen molar-refractivity contribution in [1.29, 1.82) is 0 Å². The lowest BCUT2D eigenvalue weighted by molar-refractivity contribution is -0.157. The fourth-order valence-electron chi connectivity index (χ4n) is 3.47. The molecule has 0 aromatic carbocycles. The summed E-state index contributed by atoms with van der Waals surface area (Å²) in [6.45, 7) is 17.5. The zero-order valence-corrected chi connectivity index (χ0v) is 27.3. The largest absolute Gasteiger partial charge is 0.463 e. The summed E-state index contributed by atoms with van der Waals surface area (Å²) in [6.07, 6.45) is 0.550. The first-order valence-corrected chi connectivity index (χ1v) is 14.8. The van der Waals surface area contributed by atoms with E-state index in [4.69, 9.17) is 43.6 Å². The van der Waals surface area contributed by atoms with Gasteiger partial charge in [-0.1, -0.05) is 0 Å². The topological polar surface area (TPSA) is 151 Å². The normalized spacial score (nSPS) is 12.4. The highest BCUT2D eigenvalue weighted by Crippen LogP contribution is 2.25. The minimum absolute atomic E-state index is 0.0870. The summed E-state index contributed by atoms with van der Waals surface area (Å²) in [5.41, 5.74) is 3.58. The molecule has 12 nitrogen and oxygen atoms in total. The molecule has 0 bridgehead atoms. The first-order chi connectivity index (χ1) is 19.6. The summed E-state index contributed by atoms with van der Waals surface area (Å²) in [6, 6.07) is 0. The van der Waals surface area contributed by atoms with Crippen LogP contribution in [0.3, 0.4) is 0 Å². The monoisotopic (exact) mass is 607 g/mol. The lowest BCUT2D eigenvalue weighted by atomic mass is 9.87. The molecule has 0 fully saturated rings. The third kappa shape index (κ3) is 24.7. The molecule has 0 spiro atoms. The van der Waals surface area contributed by atoms with E-state index in [0.717, 1.165) is 0 Å². The van der Waals surface area contributed by atoms with Gasteiger partial charge in [0.25, 0.3) is 0 Å². The van der Waals surface area contributed by atoms with Crippen LogP contribution in [0, 0.1) is 5.41 Å². The van der Waals surface area contributed by atoms with Gasteiger partial charge in [0, 0.05) is 18.6 Å². The molecule has 0 saturated heterocycles. The second-order valence-electron chi connectivity index (χ2n) is 12.4. The summed E-state index contributed by atoms with van der Waals surface area (Å²) in [7, 11) is 0. The molecule has 0 aromatic heterocycles. The molecule has 42 heavy (non-hydrogen) atoms. The average molecular weight is 608 g/mol. The summed E-state index contributed by atoms with van der Waals surface area (Å²) < 4.78 is 44.8. The molecule has 0 aromatic rings. The van der Waals surface area contributed by atoms with Crippen molar-refractivity contribution in [2.75, 3.05) is 72.6 Å². The lowest BCUT2D eigenvalue weighted by Crippen LogP contribution is -2.39. The molecule has 0 unspecified atom stereocenters. The van der Waals surface area contributed by atoms with Crippen molar-refractivity contribution in [3.8, 4) is 0 Å². The highest BCUT2D eigenvalue weighted by atomic mass is 16.6. The van der Waals surface area contributed by atoms with Gasteiger partial charge in [0.1, 0.15) is 11.2 Å². The zero-order chi connectivity index (χ0) is 32.1. The second-order valence-corrected chi connectivity index (χ2v) is 12.4. The van der Waals surface area contributed by atoms with Gasteiger partial charge in [-0.2, -0.15) is 0 Å². The van der Waals surface area contributed by atoms with E-state index < -0.39 is 16.6 Å². The van der Waals surface area contributed by atoms with Gasteiger partial charge in [-0.3, -0.25) is 14.4 Å². The van der Waals surface area contributed by atoms with E-state index in [1.54, 1.807) is 55.4 Å². The highest BCUT2D eigenvalue weighted by Gasteiger charge is 2.32. The maximum absolute atomic E-state index is 12.1. The Kier molecular flexibility index (Phi) is 20.8. The van der Waals surface area contributed by atoms with Crippen LogP contribution in [0.15, 0.2) is 0 Å². The predicted molar refractivity (Wildman–Crippen MR) is 157 cm³/mol. The number of nitrogens with two attached hydrogens (primary N) is 1. The van der Waals surface area contributed by atoms with E-state index in [-0.39, 0.29) is 82.9 Å². The van der Waals surface area contributed by atoms with Crippen molar-refractivity contribution in [3.63, 3.8) is 0 Å². The maximum atomic E-state index is 12.1. The van der Waals surface area contributed by atoms with Crippen LogP contribution in [0.5, 0.6) is 0 Å². The van der Waals surface area contributed by atoms with E-state index in [2.05, 4.69) is 0 Å². The standard InChI is InChI=1S/C30H57NO11/c1-24(2)40-25(32)9-14-37-21-30(12-17-35-19-20-36-18-13-31,22-38-15-10-26(33)41-28(3,4)5)23-39-16-11-27(34)42-29(6,7)8/h24H,9-23,31H2,1-8H3. The highest BCUT2D eigenvalue weighted by molar-refractivity contribution is 5.70. The SMILES string of the molecule is CC(C)OC(=O)CCOCC(CCOCCOCCN)(COCCC(=O)OC(C)(C)C)COCCC(=O)OC(C)(C)C. The Morgan fingerprint density at radius 1 is 0.571 bits per heavy atom. The van der Waals surface area contributed by atoms with Gasteiger partial charge in [0.15, 0.2) is 0 Å². The fraction of sp³-hybridized carbons (Fsp3) is 0.900. The Hall–Kier alpha value is -1.83. The molecule has 0 heterocycles. The Morgan fingerprint density at radius 3 is 1.36 bits per heavy atom. The van der Waals surface area contributed by atoms with Gasteiger partial charge in [0.05, 0.1) is 84.8 Å². The third-order valence-electron chi connectivity index (χ3n) is 5.19. The number of carbonyl (C=O) groups excluding carboxylic acids is 3. The summed E-state index contributed by atoms with van der Waals surface area (Å²) in [5.74, 6) is -1.07. The van der Waals surface area contributed by atoms with Crippen LogP contribution in [-0.4, -0.2) is 108 Å². The minimum Gasteiger partial charge on any atom is -0.463 e. The molecule has 0 rings (SSSR count). The average Bonchev–Trinajstić information content (AvgIpc) is 2.84. The molecular formula is C30H57NO11. The minimum atomic E-state index is -0.693. The van der Waals surface area contributed by atoms with E-state index in [9.17, 15) is 14.4 Å². The Morgan fingerprint density at radius 2 is 0.976 bits per heavy atom. The predicted octanol–water partition coefficient (Wildman–Crippen LogP) is 3.21. The summed E-state index contributed by atoms with van der Waals surface area (Å²) in [5, 5.41) is 0. The zero-order valence-electron chi connectivity index (χ0n) is 27.3. The van der Waals surface area contributed by atoms with Crippen LogP contribution in [0.4, 0.5) is 0 Å². The van der Waals surface area contributed by atoms with Gasteiger partial charge in [-0.15, -0.1) is 0 Å². The Labute approximate surface area is 252 Å². The number of carbonyl (C=O) groups is 3. The number of ether oxygens (including phenoxy) is 8. The Balaban J connectivity index is 5.32. The van der Waals surface area contributed by atoms with Gasteiger partial charge in [0.2, 0.25) is 0 Å². The molecule has 2 N–H and O–H groups in total. The van der Waals surface area contributed by atoms with Crippen LogP contribution in [0.2, 0.25) is 0 Å². The van der Waals surface area contributed by atoms with Crippen LogP contribution >= 0.6 is 0 Å². The second kappa shape index (κ2) is 21.8. The van der Waals surface area contributed by atoms with Crippen LogP contribution in [-0.2, 0) is 52.3 Å². The van der Waals surface area contributed by atoms with Gasteiger partial charge < -0.3 is 43.6 Å². The van der Waals surface area contributed by atoms with Gasteiger partial charge >= 0.3 is 17.9 Å². The van der Waals surface area contributed by atoms with Crippen LogP contribution in [0.1, 0.15) is 81.1 Å². The first-order valence-electron chi connectivity index (χ1n) is 14.8. The smallest absolute Gasteiger partial charge is 0.308 e. The van der Waals surface area contributed by atoms with Crippen molar-refractivity contribution in [3.05, 3.63) is 0 Å². The molecule has 0 saturated carbocycles. The molecule has 248 valence electrons. The molecule has 0 atom stereocenters. The van der Waals surface area contributed by atoms with Crippen LogP contribution < -0.4 is 5.73 Å². The van der Waals surface area contributed by atoms with Crippen molar-refractivity contribution in [2.45, 2.75) is 98.4 Å². The lowest BCUT2D eigenvalue weighted by Gasteiger charge is -2.33. The first kappa shape index (κ1) is 40.2. The molecule has 0 amide bonds. The van der Waals surface area contributed by atoms with E-state index >= 15 is 0 Å². The van der Waals surface area contributed by atoms with Crippen molar-refractivity contribution >= 4 is 17.9 Å². The number of rotatable bonds is 24. The van der Waals surface area contributed by atoms with E-state index in [1.165, 1.54) is 0 Å². The third-order valence-corrected chi connectivity index (χ3v) is 5.19. The van der Waals surface area contributed by atoms with Crippen molar-refractivity contribution in [2.24, 2.45) is 11.1 Å². The molecule has 12 heteroatoms. The summed E-state index contributed by atoms with van der Waals surface area (Å²) in [4.78, 5) is 36.3. The number of hydrogen-bond donors (Lipinski definition) is 1. The number of esters is 3. The molecule has 0 aliphatic carbocycles. The van der Waals surface area contributed by atoms with Crippen molar-refractivity contribution < 1.29 is 52.3 Å². The molecule has 0 aliphatic heterocycles. The van der Waals surface area contributed by atoms with Crippen LogP contribution in [0.25, 0.3) is 0 Å². The molecule has 0 radical (unpaired) electrons. The van der Waals surface area contributed by atoms with Gasteiger partial charge in [-0.05, 0) is 61.8 Å². The quantitative estimate of drug-likeness (QED) is 0.0974. The van der Waals surface area contributed by atoms with E-state index in [1.807, 2.05) is 0 Å². The Bertz CT molecular complexity index is 709. The molecular weight excluding hydrogens is 550 g/mol. The fourth-order valence-corrected chi connectivity index (χ4v) is 3.47. The van der Waals surface area contributed by atoms with Crippen molar-refractivity contribution in [1.82, 2.24) is 0 Å².